The first-order valence-corrected chi connectivity index (χ1v) is 12.1. The molecule has 0 aliphatic heterocycles. The third-order valence-corrected chi connectivity index (χ3v) is 6.85. The summed E-state index contributed by atoms with van der Waals surface area (Å²) in [5.74, 6) is -0.239. The van der Waals surface area contributed by atoms with Crippen molar-refractivity contribution < 1.29 is 9.50 Å². The number of rotatable bonds is 7. The molecule has 5 aromatic rings. The summed E-state index contributed by atoms with van der Waals surface area (Å²) in [6, 6.07) is 17.3. The Hall–Kier alpha value is -2.19. The Morgan fingerprint density at radius 1 is 0.938 bits per heavy atom. The van der Waals surface area contributed by atoms with E-state index in [1.807, 2.05) is 24.4 Å². The van der Waals surface area contributed by atoms with Crippen LogP contribution in [-0.4, -0.2) is 33.9 Å². The number of aliphatic hydroxyl groups excluding tert-OH is 1. The molecule has 0 saturated heterocycles. The molecule has 3 aromatic carbocycles. The minimum atomic E-state index is -0.529. The number of aromatic nitrogens is 2. The van der Waals surface area contributed by atoms with Gasteiger partial charge in [-0.3, -0.25) is 0 Å². The van der Waals surface area contributed by atoms with Gasteiger partial charge in [-0.15, -0.1) is 0 Å². The molecule has 0 radical (unpaired) electrons. The molecule has 0 spiro atoms. The van der Waals surface area contributed by atoms with Crippen LogP contribution in [0.5, 0.6) is 0 Å². The summed E-state index contributed by atoms with van der Waals surface area (Å²) in [4.78, 5) is 3.12. The van der Waals surface area contributed by atoms with Crippen molar-refractivity contribution in [1.29, 1.82) is 0 Å². The number of nitrogens with one attached hydrogen (secondary N) is 2. The fourth-order valence-electron chi connectivity index (χ4n) is 4.38. The Kier molecular flexibility index (Phi) is 6.07. The van der Waals surface area contributed by atoms with E-state index >= 15 is 0 Å². The first-order chi connectivity index (χ1) is 15.5. The summed E-state index contributed by atoms with van der Waals surface area (Å²) in [6.45, 7) is 1.72. The van der Waals surface area contributed by atoms with E-state index in [2.05, 4.69) is 71.0 Å². The van der Waals surface area contributed by atoms with Gasteiger partial charge in [0.15, 0.2) is 0 Å². The van der Waals surface area contributed by atoms with Crippen molar-refractivity contribution in [1.82, 2.24) is 14.9 Å². The van der Waals surface area contributed by atoms with Crippen LogP contribution < -0.4 is 5.32 Å². The number of fused-ring (bicyclic) bond motifs is 4. The van der Waals surface area contributed by atoms with Gasteiger partial charge in [-0.1, -0.05) is 31.9 Å². The number of benzene rings is 3. The van der Waals surface area contributed by atoms with Crippen LogP contribution in [0.15, 0.2) is 69.7 Å². The molecule has 0 saturated carbocycles. The van der Waals surface area contributed by atoms with Crippen molar-refractivity contribution >= 4 is 64.6 Å². The highest BCUT2D eigenvalue weighted by Crippen LogP contribution is 2.33. The van der Waals surface area contributed by atoms with Gasteiger partial charge < -0.3 is 20.0 Å². The minimum absolute atomic E-state index is 0.239. The van der Waals surface area contributed by atoms with Crippen molar-refractivity contribution in [2.75, 3.05) is 13.1 Å². The molecule has 0 amide bonds. The van der Waals surface area contributed by atoms with E-state index in [4.69, 9.17) is 0 Å². The topological polar surface area (TPSA) is 53.0 Å². The average molecular weight is 559 g/mol. The van der Waals surface area contributed by atoms with Crippen molar-refractivity contribution in [2.24, 2.45) is 0 Å². The van der Waals surface area contributed by atoms with Gasteiger partial charge in [-0.2, -0.15) is 0 Å². The highest BCUT2D eigenvalue weighted by molar-refractivity contribution is 9.10. The predicted molar refractivity (Wildman–Crippen MR) is 136 cm³/mol. The number of nitrogens with zero attached hydrogens (tertiary/aromatic N) is 1. The molecule has 0 aliphatic rings. The second-order valence-corrected chi connectivity index (χ2v) is 9.88. The molecule has 2 heterocycles. The van der Waals surface area contributed by atoms with Crippen LogP contribution in [0.1, 0.15) is 5.56 Å². The van der Waals surface area contributed by atoms with Crippen molar-refractivity contribution in [3.05, 3.63) is 81.1 Å². The van der Waals surface area contributed by atoms with Gasteiger partial charge in [-0.05, 0) is 73.1 Å². The maximum Gasteiger partial charge on any atom is 0.125 e. The molecule has 1 atom stereocenters. The molecule has 1 unspecified atom stereocenters. The number of H-pyrrole nitrogens is 1. The molecule has 2 aromatic heterocycles. The first-order valence-electron chi connectivity index (χ1n) is 10.5. The highest BCUT2D eigenvalue weighted by Gasteiger charge is 2.14. The summed E-state index contributed by atoms with van der Waals surface area (Å²) in [6.07, 6.45) is 2.20. The van der Waals surface area contributed by atoms with Crippen molar-refractivity contribution in [2.45, 2.75) is 19.1 Å². The van der Waals surface area contributed by atoms with Crippen molar-refractivity contribution in [3.63, 3.8) is 0 Å². The van der Waals surface area contributed by atoms with E-state index in [-0.39, 0.29) is 5.82 Å². The van der Waals surface area contributed by atoms with E-state index in [1.165, 1.54) is 12.1 Å². The second kappa shape index (κ2) is 8.98. The molecule has 4 nitrogen and oxygen atoms in total. The smallest absolute Gasteiger partial charge is 0.125 e. The molecule has 7 heteroatoms. The standard InChI is InChI=1S/C25H22Br2FN3O/c26-16-1-5-24-21(9-16)22-10-17(27)2-6-25(22)31(24)14-19(32)13-29-8-7-15-12-30-23-11-18(28)3-4-20(15)23/h1-6,9-12,19,29-30,32H,7-8,13-14H2. The molecule has 164 valence electrons. The lowest BCUT2D eigenvalue weighted by atomic mass is 10.1. The van der Waals surface area contributed by atoms with Gasteiger partial charge in [0.2, 0.25) is 0 Å². The number of hydrogen-bond acceptors (Lipinski definition) is 2. The van der Waals surface area contributed by atoms with Gasteiger partial charge in [0.05, 0.1) is 12.6 Å². The minimum Gasteiger partial charge on any atom is -0.390 e. The van der Waals surface area contributed by atoms with Crippen LogP contribution in [0.3, 0.4) is 0 Å². The SMILES string of the molecule is OC(CNCCc1c[nH]c2cc(F)ccc12)Cn1c2ccc(Br)cc2c2cc(Br)ccc21. The van der Waals surface area contributed by atoms with Crippen LogP contribution in [0.25, 0.3) is 32.7 Å². The maximum atomic E-state index is 13.4. The van der Waals surface area contributed by atoms with Crippen LogP contribution in [0, 0.1) is 5.82 Å². The number of hydrogen-bond donors (Lipinski definition) is 3. The van der Waals surface area contributed by atoms with Gasteiger partial charge in [-0.25, -0.2) is 4.39 Å². The predicted octanol–water partition coefficient (Wildman–Crippen LogP) is 6.13. The van der Waals surface area contributed by atoms with Crippen molar-refractivity contribution in [3.8, 4) is 0 Å². The van der Waals surface area contributed by atoms with E-state index in [1.54, 1.807) is 0 Å². The Morgan fingerprint density at radius 3 is 2.31 bits per heavy atom. The zero-order chi connectivity index (χ0) is 22.2. The fraction of sp³-hybridized carbons (Fsp3) is 0.200. The Morgan fingerprint density at radius 2 is 1.62 bits per heavy atom. The molecular formula is C25H22Br2FN3O. The Labute approximate surface area is 201 Å². The lowest BCUT2D eigenvalue weighted by Crippen LogP contribution is -2.31. The van der Waals surface area contributed by atoms with Crippen LogP contribution in [0.4, 0.5) is 4.39 Å². The lowest BCUT2D eigenvalue weighted by Gasteiger charge is -2.15. The zero-order valence-electron chi connectivity index (χ0n) is 17.2. The lowest BCUT2D eigenvalue weighted by molar-refractivity contribution is 0.154. The van der Waals surface area contributed by atoms with Crippen LogP contribution in [-0.2, 0) is 13.0 Å². The molecule has 32 heavy (non-hydrogen) atoms. The summed E-state index contributed by atoms with van der Waals surface area (Å²) in [5, 5.41) is 17.5. The van der Waals surface area contributed by atoms with Crippen LogP contribution in [0.2, 0.25) is 0 Å². The summed E-state index contributed by atoms with van der Waals surface area (Å²) >= 11 is 7.15. The summed E-state index contributed by atoms with van der Waals surface area (Å²) in [7, 11) is 0. The average Bonchev–Trinajstić information content (AvgIpc) is 3.29. The number of aliphatic hydroxyl groups is 1. The van der Waals surface area contributed by atoms with E-state index in [0.717, 1.165) is 60.2 Å². The molecular weight excluding hydrogens is 537 g/mol. The van der Waals surface area contributed by atoms with Gasteiger partial charge in [0.1, 0.15) is 5.82 Å². The number of halogens is 3. The highest BCUT2D eigenvalue weighted by atomic mass is 79.9. The van der Waals surface area contributed by atoms with E-state index in [9.17, 15) is 9.50 Å². The molecule has 3 N–H and O–H groups in total. The fourth-order valence-corrected chi connectivity index (χ4v) is 5.10. The molecule has 0 bridgehead atoms. The normalized spacial score (nSPS) is 12.9. The molecule has 5 rings (SSSR count). The van der Waals surface area contributed by atoms with Gasteiger partial charge >= 0.3 is 0 Å². The molecule has 0 aliphatic carbocycles. The van der Waals surface area contributed by atoms with Gasteiger partial charge in [0.25, 0.3) is 0 Å². The Bertz CT molecular complexity index is 1370. The maximum absolute atomic E-state index is 13.4. The largest absolute Gasteiger partial charge is 0.390 e. The summed E-state index contributed by atoms with van der Waals surface area (Å²) in [5.41, 5.74) is 4.16. The third-order valence-electron chi connectivity index (χ3n) is 5.86. The number of aromatic amines is 1. The van der Waals surface area contributed by atoms with Crippen LogP contribution >= 0.6 is 31.9 Å². The van der Waals surface area contributed by atoms with Gasteiger partial charge in [0, 0.05) is 54.4 Å². The third kappa shape index (κ3) is 4.22. The monoisotopic (exact) mass is 557 g/mol. The molecule has 0 fully saturated rings. The first kappa shape index (κ1) is 21.6. The summed E-state index contributed by atoms with van der Waals surface area (Å²) < 4.78 is 17.6. The second-order valence-electron chi connectivity index (χ2n) is 8.05. The Balaban J connectivity index is 1.27. The van der Waals surface area contributed by atoms with E-state index in [0.29, 0.717) is 13.1 Å². The van der Waals surface area contributed by atoms with E-state index < -0.39 is 6.10 Å². The zero-order valence-corrected chi connectivity index (χ0v) is 20.4. The quantitative estimate of drug-likeness (QED) is 0.210.